The Balaban J connectivity index is 2.18. The zero-order chi connectivity index (χ0) is 14.0. The molecule has 2 atom stereocenters. The largest absolute Gasteiger partial charge is 0.508 e. The lowest BCUT2D eigenvalue weighted by atomic mass is 9.92. The van der Waals surface area contributed by atoms with Gasteiger partial charge < -0.3 is 15.1 Å². The maximum atomic E-state index is 12.4. The number of hydrogen-bond acceptors (Lipinski definition) is 3. The van der Waals surface area contributed by atoms with Crippen molar-refractivity contribution >= 4 is 17.5 Å². The summed E-state index contributed by atoms with van der Waals surface area (Å²) in [6, 6.07) is 4.35. The number of amides is 1. The minimum atomic E-state index is -0.339. The lowest BCUT2D eigenvalue weighted by Crippen LogP contribution is -2.45. The molecule has 5 heteroatoms. The van der Waals surface area contributed by atoms with Crippen molar-refractivity contribution < 1.29 is 15.0 Å². The maximum Gasteiger partial charge on any atom is 0.255 e. The number of phenolic OH excluding ortho intramolecular Hbond substituents is 1. The molecule has 1 fully saturated rings. The number of hydrogen-bond donors (Lipinski definition) is 2. The van der Waals surface area contributed by atoms with Crippen molar-refractivity contribution in [2.45, 2.75) is 25.9 Å². The highest BCUT2D eigenvalue weighted by molar-refractivity contribution is 6.33. The molecule has 4 nitrogen and oxygen atoms in total. The van der Waals surface area contributed by atoms with E-state index in [1.54, 1.807) is 4.90 Å². The van der Waals surface area contributed by atoms with Crippen molar-refractivity contribution in [3.8, 4) is 5.75 Å². The van der Waals surface area contributed by atoms with E-state index in [1.165, 1.54) is 18.2 Å². The molecule has 1 aliphatic rings. The summed E-state index contributed by atoms with van der Waals surface area (Å²) in [6.07, 6.45) is 1.08. The van der Waals surface area contributed by atoms with Gasteiger partial charge in [-0.2, -0.15) is 0 Å². The molecule has 0 bridgehead atoms. The van der Waals surface area contributed by atoms with Crippen LogP contribution < -0.4 is 0 Å². The first kappa shape index (κ1) is 14.2. The van der Waals surface area contributed by atoms with Crippen molar-refractivity contribution in [2.24, 2.45) is 5.92 Å². The zero-order valence-electron chi connectivity index (χ0n) is 10.8. The second-order valence-corrected chi connectivity index (χ2v) is 5.35. The Kier molecular flexibility index (Phi) is 4.32. The third kappa shape index (κ3) is 3.01. The zero-order valence-corrected chi connectivity index (χ0v) is 11.6. The van der Waals surface area contributed by atoms with Gasteiger partial charge >= 0.3 is 0 Å². The number of carbonyl (C=O) groups is 1. The average molecular weight is 284 g/mol. The first-order valence-electron chi connectivity index (χ1n) is 6.48. The van der Waals surface area contributed by atoms with Crippen LogP contribution in [-0.2, 0) is 0 Å². The molecule has 0 radical (unpaired) electrons. The standard InChI is InChI=1S/C14H18ClNO3/c1-2-9-8-16(6-5-13(9)18)14(19)11-7-10(17)3-4-12(11)15/h3-4,7,9,13,17-18H,2,5-6,8H2,1H3. The van der Waals surface area contributed by atoms with Crippen LogP contribution in [0.4, 0.5) is 0 Å². The Labute approximate surface area is 117 Å². The number of rotatable bonds is 2. The number of carbonyl (C=O) groups excluding carboxylic acids is 1. The van der Waals surface area contributed by atoms with E-state index in [0.717, 1.165) is 6.42 Å². The monoisotopic (exact) mass is 283 g/mol. The average Bonchev–Trinajstić information content (AvgIpc) is 2.41. The highest BCUT2D eigenvalue weighted by Crippen LogP contribution is 2.26. The van der Waals surface area contributed by atoms with Crippen molar-refractivity contribution in [1.82, 2.24) is 4.90 Å². The van der Waals surface area contributed by atoms with Crippen LogP contribution in [0.1, 0.15) is 30.1 Å². The molecule has 1 aromatic carbocycles. The molecule has 0 saturated carbocycles. The van der Waals surface area contributed by atoms with Crippen LogP contribution in [0.5, 0.6) is 5.75 Å². The smallest absolute Gasteiger partial charge is 0.255 e. The van der Waals surface area contributed by atoms with Crippen molar-refractivity contribution in [1.29, 1.82) is 0 Å². The van der Waals surface area contributed by atoms with Gasteiger partial charge in [0.25, 0.3) is 5.91 Å². The number of aliphatic hydroxyl groups excluding tert-OH is 1. The van der Waals surface area contributed by atoms with E-state index in [4.69, 9.17) is 11.6 Å². The number of aromatic hydroxyl groups is 1. The molecule has 2 rings (SSSR count). The molecule has 0 spiro atoms. The van der Waals surface area contributed by atoms with E-state index < -0.39 is 0 Å². The number of benzene rings is 1. The Hall–Kier alpha value is -1.26. The maximum absolute atomic E-state index is 12.4. The van der Waals surface area contributed by atoms with Crippen molar-refractivity contribution in [2.75, 3.05) is 13.1 Å². The van der Waals surface area contributed by atoms with Crippen LogP contribution in [0.2, 0.25) is 5.02 Å². The normalized spacial score (nSPS) is 23.4. The number of nitrogens with zero attached hydrogens (tertiary/aromatic N) is 1. The van der Waals surface area contributed by atoms with E-state index in [2.05, 4.69) is 0 Å². The number of aliphatic hydroxyl groups is 1. The van der Waals surface area contributed by atoms with Crippen LogP contribution >= 0.6 is 11.6 Å². The summed E-state index contributed by atoms with van der Waals surface area (Å²) < 4.78 is 0. The van der Waals surface area contributed by atoms with Crippen LogP contribution in [0.3, 0.4) is 0 Å². The molecule has 1 aromatic rings. The molecule has 2 unspecified atom stereocenters. The molecule has 0 aliphatic carbocycles. The summed E-state index contributed by atoms with van der Waals surface area (Å²) in [6.45, 7) is 3.05. The Morgan fingerprint density at radius 3 is 2.95 bits per heavy atom. The van der Waals surface area contributed by atoms with Crippen LogP contribution in [0.25, 0.3) is 0 Å². The minimum absolute atomic E-state index is 0.0248. The molecule has 19 heavy (non-hydrogen) atoms. The van der Waals surface area contributed by atoms with Gasteiger partial charge in [0, 0.05) is 19.0 Å². The quantitative estimate of drug-likeness (QED) is 0.875. The number of halogens is 1. The summed E-state index contributed by atoms with van der Waals surface area (Å²) >= 11 is 6.00. The van der Waals surface area contributed by atoms with Crippen LogP contribution in [-0.4, -0.2) is 40.2 Å². The minimum Gasteiger partial charge on any atom is -0.508 e. The van der Waals surface area contributed by atoms with Gasteiger partial charge in [-0.15, -0.1) is 0 Å². The molecular weight excluding hydrogens is 266 g/mol. The molecule has 2 N–H and O–H groups in total. The lowest BCUT2D eigenvalue weighted by molar-refractivity contribution is 0.0229. The Morgan fingerprint density at radius 2 is 2.26 bits per heavy atom. The molecule has 1 aliphatic heterocycles. The van der Waals surface area contributed by atoms with Gasteiger partial charge in [0.2, 0.25) is 0 Å². The molecule has 0 aromatic heterocycles. The van der Waals surface area contributed by atoms with Gasteiger partial charge in [-0.05, 0) is 31.0 Å². The van der Waals surface area contributed by atoms with Gasteiger partial charge in [-0.25, -0.2) is 0 Å². The van der Waals surface area contributed by atoms with Gasteiger partial charge in [0.1, 0.15) is 5.75 Å². The molecule has 104 valence electrons. The van der Waals surface area contributed by atoms with Gasteiger partial charge in [-0.3, -0.25) is 4.79 Å². The fraction of sp³-hybridized carbons (Fsp3) is 0.500. The summed E-state index contributed by atoms with van der Waals surface area (Å²) in [5.74, 6) is -0.0585. The van der Waals surface area contributed by atoms with E-state index in [9.17, 15) is 15.0 Å². The number of likely N-dealkylation sites (tertiary alicyclic amines) is 1. The lowest BCUT2D eigenvalue weighted by Gasteiger charge is -2.36. The summed E-state index contributed by atoms with van der Waals surface area (Å²) in [5, 5.41) is 19.6. The molecule has 1 heterocycles. The van der Waals surface area contributed by atoms with Gasteiger partial charge in [0.15, 0.2) is 0 Å². The van der Waals surface area contributed by atoms with Crippen molar-refractivity contribution in [3.63, 3.8) is 0 Å². The predicted molar refractivity (Wildman–Crippen MR) is 73.4 cm³/mol. The summed E-state index contributed by atoms with van der Waals surface area (Å²) in [5.41, 5.74) is 0.313. The fourth-order valence-corrected chi connectivity index (χ4v) is 2.65. The Morgan fingerprint density at radius 1 is 1.53 bits per heavy atom. The summed E-state index contributed by atoms with van der Waals surface area (Å²) in [7, 11) is 0. The number of phenols is 1. The topological polar surface area (TPSA) is 60.8 Å². The van der Waals surface area contributed by atoms with E-state index in [1.807, 2.05) is 6.92 Å². The van der Waals surface area contributed by atoms with Gasteiger partial charge in [0.05, 0.1) is 16.7 Å². The SMILES string of the molecule is CCC1CN(C(=O)c2cc(O)ccc2Cl)CCC1O. The molecular formula is C14H18ClNO3. The highest BCUT2D eigenvalue weighted by Gasteiger charge is 2.30. The van der Waals surface area contributed by atoms with E-state index in [-0.39, 0.29) is 23.7 Å². The summed E-state index contributed by atoms with van der Waals surface area (Å²) in [4.78, 5) is 14.1. The van der Waals surface area contributed by atoms with E-state index in [0.29, 0.717) is 30.1 Å². The second kappa shape index (κ2) is 5.80. The van der Waals surface area contributed by atoms with E-state index >= 15 is 0 Å². The second-order valence-electron chi connectivity index (χ2n) is 4.94. The molecule has 1 saturated heterocycles. The number of piperidine rings is 1. The Bertz CT molecular complexity index is 478. The van der Waals surface area contributed by atoms with Gasteiger partial charge in [-0.1, -0.05) is 18.5 Å². The third-order valence-electron chi connectivity index (χ3n) is 3.69. The van der Waals surface area contributed by atoms with Crippen molar-refractivity contribution in [3.05, 3.63) is 28.8 Å². The fourth-order valence-electron chi connectivity index (χ4n) is 2.45. The molecule has 1 amide bonds. The predicted octanol–water partition coefficient (Wildman–Crippen LogP) is 2.28. The van der Waals surface area contributed by atoms with Crippen LogP contribution in [0.15, 0.2) is 18.2 Å². The first-order chi connectivity index (χ1) is 9.02. The first-order valence-corrected chi connectivity index (χ1v) is 6.86. The highest BCUT2D eigenvalue weighted by atomic mass is 35.5. The van der Waals surface area contributed by atoms with Crippen LogP contribution in [0, 0.1) is 5.92 Å². The third-order valence-corrected chi connectivity index (χ3v) is 4.02.